The lowest BCUT2D eigenvalue weighted by molar-refractivity contribution is -0.135. The molecule has 1 aliphatic heterocycles. The molecule has 0 spiro atoms. The van der Waals surface area contributed by atoms with Crippen LogP contribution in [0.3, 0.4) is 0 Å². The molecule has 2 fully saturated rings. The van der Waals surface area contributed by atoms with Crippen molar-refractivity contribution in [2.75, 3.05) is 24.4 Å². The maximum atomic E-state index is 15.3. The van der Waals surface area contributed by atoms with Gasteiger partial charge in [-0.05, 0) is 90.1 Å². The fourth-order valence-corrected chi connectivity index (χ4v) is 9.97. The molecule has 9 rings (SSSR count). The Morgan fingerprint density at radius 2 is 1.32 bits per heavy atom. The summed E-state index contributed by atoms with van der Waals surface area (Å²) in [5, 5.41) is 14.4. The number of allylic oxidation sites excluding steroid dienone is 4. The molecule has 0 radical (unpaired) electrons. The predicted molar refractivity (Wildman–Crippen MR) is 216 cm³/mol. The molecule has 5 aromatic rings. The largest absolute Gasteiger partial charge is 0.502 e. The van der Waals surface area contributed by atoms with E-state index in [1.807, 2.05) is 109 Å². The summed E-state index contributed by atoms with van der Waals surface area (Å²) in [7, 11) is 2.88. The molecular formula is C48H40N2O7. The van der Waals surface area contributed by atoms with Crippen LogP contribution >= 0.6 is 0 Å². The van der Waals surface area contributed by atoms with Gasteiger partial charge in [0.05, 0.1) is 37.2 Å². The molecule has 1 saturated heterocycles. The van der Waals surface area contributed by atoms with Gasteiger partial charge in [0, 0.05) is 28.8 Å². The first kappa shape index (κ1) is 35.9. The number of hydrogen-bond acceptors (Lipinski definition) is 8. The van der Waals surface area contributed by atoms with Crippen LogP contribution in [0.1, 0.15) is 35.4 Å². The fraction of sp³-hybridized carbons (Fsp3) is 0.208. The first-order valence-electron chi connectivity index (χ1n) is 19.1. The van der Waals surface area contributed by atoms with E-state index in [0.29, 0.717) is 28.0 Å². The van der Waals surface area contributed by atoms with E-state index in [2.05, 4.69) is 5.32 Å². The second kappa shape index (κ2) is 14.1. The summed E-state index contributed by atoms with van der Waals surface area (Å²) < 4.78 is 11.3. The van der Waals surface area contributed by atoms with E-state index in [-0.39, 0.29) is 53.5 Å². The van der Waals surface area contributed by atoms with Crippen LogP contribution in [-0.2, 0) is 24.6 Å². The third-order valence-corrected chi connectivity index (χ3v) is 12.4. The van der Waals surface area contributed by atoms with Crippen LogP contribution in [0.15, 0.2) is 145 Å². The number of ketones is 2. The third kappa shape index (κ3) is 5.59. The number of ether oxygens (including phenoxy) is 2. The van der Waals surface area contributed by atoms with Crippen molar-refractivity contribution in [3.63, 3.8) is 0 Å². The first-order valence-corrected chi connectivity index (χ1v) is 19.1. The van der Waals surface area contributed by atoms with Crippen LogP contribution in [-0.4, -0.2) is 42.7 Å². The molecule has 4 aliphatic rings. The van der Waals surface area contributed by atoms with Crippen molar-refractivity contribution in [1.29, 1.82) is 0 Å². The summed E-state index contributed by atoms with van der Waals surface area (Å²) in [5.41, 5.74) is 3.74. The minimum absolute atomic E-state index is 0.138. The number of para-hydroxylation sites is 1. The van der Waals surface area contributed by atoms with Gasteiger partial charge in [-0.15, -0.1) is 0 Å². The third-order valence-electron chi connectivity index (χ3n) is 12.4. The lowest BCUT2D eigenvalue weighted by atomic mass is 9.44. The lowest BCUT2D eigenvalue weighted by Crippen LogP contribution is -2.58. The molecule has 0 aromatic heterocycles. The molecule has 1 saturated carbocycles. The van der Waals surface area contributed by atoms with Crippen molar-refractivity contribution in [2.45, 2.75) is 24.2 Å². The Kier molecular flexibility index (Phi) is 8.88. The molecule has 2 N–H and O–H groups in total. The van der Waals surface area contributed by atoms with Gasteiger partial charge in [0.1, 0.15) is 0 Å². The van der Waals surface area contributed by atoms with Crippen LogP contribution in [0.5, 0.6) is 17.2 Å². The minimum atomic E-state index is -1.44. The molecule has 9 heteroatoms. The molecule has 0 unspecified atom stereocenters. The second-order valence-corrected chi connectivity index (χ2v) is 15.1. The van der Waals surface area contributed by atoms with Crippen LogP contribution in [0.2, 0.25) is 0 Å². The molecule has 1 heterocycles. The number of nitrogens with one attached hydrogen (secondary N) is 1. The zero-order chi connectivity index (χ0) is 39.4. The molecule has 284 valence electrons. The van der Waals surface area contributed by atoms with Gasteiger partial charge in [0.15, 0.2) is 23.1 Å². The number of aromatic hydroxyl groups is 1. The number of phenolic OH excluding ortho intramolecular Hbond substituents is 1. The number of carbonyl (C=O) groups is 4. The number of anilines is 3. The number of carbonyl (C=O) groups excluding carboxylic acids is 4. The number of amides is 2. The van der Waals surface area contributed by atoms with Crippen LogP contribution in [0.4, 0.5) is 17.1 Å². The number of methoxy groups -OCH3 is 2. The highest BCUT2D eigenvalue weighted by atomic mass is 16.5. The maximum Gasteiger partial charge on any atom is 0.238 e. The smallest absolute Gasteiger partial charge is 0.238 e. The van der Waals surface area contributed by atoms with Crippen LogP contribution < -0.4 is 19.7 Å². The SMILES string of the molecule is COc1cc([C@H]2C3=CC[C@@H]4C(=O)N(c5ccc(Nc6ccccc6)cc5)C(=O)[C@@H]4[C@@H]3C[C@H]3C(=O)C(c4ccccc4)=CC(=O)[C@@]23c2ccccc2)cc(OC)c1O. The predicted octanol–water partition coefficient (Wildman–Crippen LogP) is 8.18. The molecule has 57 heavy (non-hydrogen) atoms. The van der Waals surface area contributed by atoms with Crippen molar-refractivity contribution in [1.82, 2.24) is 0 Å². The number of nitrogens with zero attached hydrogens (tertiary/aromatic N) is 1. The highest BCUT2D eigenvalue weighted by Crippen LogP contribution is 2.64. The average molecular weight is 757 g/mol. The van der Waals surface area contributed by atoms with Gasteiger partial charge < -0.3 is 19.9 Å². The average Bonchev–Trinajstić information content (AvgIpc) is 3.51. The molecular weight excluding hydrogens is 717 g/mol. The van der Waals surface area contributed by atoms with Crippen LogP contribution in [0, 0.1) is 23.7 Å². The zero-order valence-corrected chi connectivity index (χ0v) is 31.4. The molecule has 6 atom stereocenters. The summed E-state index contributed by atoms with van der Waals surface area (Å²) in [6.45, 7) is 0. The van der Waals surface area contributed by atoms with Gasteiger partial charge in [-0.2, -0.15) is 0 Å². The number of hydrogen-bond donors (Lipinski definition) is 2. The van der Waals surface area contributed by atoms with E-state index in [1.165, 1.54) is 25.2 Å². The molecule has 0 bridgehead atoms. The van der Waals surface area contributed by atoms with Gasteiger partial charge in [-0.1, -0.05) is 90.5 Å². The zero-order valence-electron chi connectivity index (χ0n) is 31.4. The maximum absolute atomic E-state index is 15.3. The number of phenols is 1. The number of Topliss-reactive ketones (excluding diaryl/α,β-unsaturated/α-hetero) is 1. The second-order valence-electron chi connectivity index (χ2n) is 15.1. The lowest BCUT2D eigenvalue weighted by Gasteiger charge is -2.55. The van der Waals surface area contributed by atoms with Gasteiger partial charge >= 0.3 is 0 Å². The Morgan fingerprint density at radius 3 is 1.95 bits per heavy atom. The van der Waals surface area contributed by atoms with Crippen molar-refractivity contribution in [3.8, 4) is 17.2 Å². The Balaban J connectivity index is 1.20. The van der Waals surface area contributed by atoms with Gasteiger partial charge in [0.2, 0.25) is 17.6 Å². The summed E-state index contributed by atoms with van der Waals surface area (Å²) in [5.74, 6) is -4.68. The van der Waals surface area contributed by atoms with E-state index in [1.54, 1.807) is 24.3 Å². The first-order chi connectivity index (χ1) is 27.8. The van der Waals surface area contributed by atoms with E-state index in [0.717, 1.165) is 16.9 Å². The molecule has 2 amide bonds. The van der Waals surface area contributed by atoms with Gasteiger partial charge in [-0.25, -0.2) is 0 Å². The Labute approximate surface area is 330 Å². The highest BCUT2D eigenvalue weighted by Gasteiger charge is 2.66. The van der Waals surface area contributed by atoms with Crippen molar-refractivity contribution in [2.24, 2.45) is 23.7 Å². The fourth-order valence-electron chi connectivity index (χ4n) is 9.97. The summed E-state index contributed by atoms with van der Waals surface area (Å²) in [6, 6.07) is 38.8. The molecule has 5 aromatic carbocycles. The Morgan fingerprint density at radius 1 is 0.719 bits per heavy atom. The van der Waals surface area contributed by atoms with Crippen molar-refractivity contribution < 1.29 is 33.8 Å². The normalized spacial score (nSPS) is 25.2. The minimum Gasteiger partial charge on any atom is -0.502 e. The number of rotatable bonds is 8. The summed E-state index contributed by atoms with van der Waals surface area (Å²) in [4.78, 5) is 61.0. The molecule has 9 nitrogen and oxygen atoms in total. The number of imide groups is 1. The van der Waals surface area contributed by atoms with E-state index < -0.39 is 35.0 Å². The van der Waals surface area contributed by atoms with Crippen molar-refractivity contribution in [3.05, 3.63) is 162 Å². The summed E-state index contributed by atoms with van der Waals surface area (Å²) in [6.07, 6.45) is 3.94. The Hall–Kier alpha value is -6.74. The molecule has 3 aliphatic carbocycles. The topological polar surface area (TPSA) is 122 Å². The van der Waals surface area contributed by atoms with E-state index >= 15 is 9.59 Å². The standard InChI is InChI=1S/C48H40N2O7/c1-56-39-24-29(25-40(57-2)45(39)53)43-34-22-23-35-42(47(55)50(46(35)54)33-20-18-32(19-21-33)49-31-16-10-5-11-17-31)37(34)26-38-44(52)36(28-12-6-3-7-13-28)27-41(51)48(38,43)30-14-8-4-9-15-30/h3-22,24-25,27,35,37-38,42-43,49,53H,23,26H2,1-2H3/t35-,37+,38-,42-,43-,48-/m0/s1. The monoisotopic (exact) mass is 756 g/mol. The Bertz CT molecular complexity index is 2450. The van der Waals surface area contributed by atoms with E-state index in [4.69, 9.17) is 9.47 Å². The quantitative estimate of drug-likeness (QED) is 0.120. The number of benzene rings is 5. The number of fused-ring (bicyclic) bond motifs is 4. The van der Waals surface area contributed by atoms with E-state index in [9.17, 15) is 14.7 Å². The summed E-state index contributed by atoms with van der Waals surface area (Å²) >= 11 is 0. The van der Waals surface area contributed by atoms with Crippen molar-refractivity contribution >= 4 is 46.0 Å². The van der Waals surface area contributed by atoms with Gasteiger partial charge in [0.25, 0.3) is 0 Å². The van der Waals surface area contributed by atoms with Gasteiger partial charge in [-0.3, -0.25) is 24.1 Å². The van der Waals surface area contributed by atoms with Crippen LogP contribution in [0.25, 0.3) is 5.57 Å². The highest BCUT2D eigenvalue weighted by molar-refractivity contribution is 6.32.